The first kappa shape index (κ1) is 20.0. The molecule has 0 spiro atoms. The molecule has 3 aromatic rings. The number of amides is 1. The van der Waals surface area contributed by atoms with Crippen molar-refractivity contribution < 1.29 is 4.79 Å². The summed E-state index contributed by atoms with van der Waals surface area (Å²) in [4.78, 5) is 15.6. The van der Waals surface area contributed by atoms with Gasteiger partial charge in [0, 0.05) is 24.5 Å². The van der Waals surface area contributed by atoms with Crippen LogP contribution >= 0.6 is 11.6 Å². The molecule has 0 radical (unpaired) electrons. The van der Waals surface area contributed by atoms with Crippen LogP contribution in [0.15, 0.2) is 84.0 Å². The summed E-state index contributed by atoms with van der Waals surface area (Å²) in [6, 6.07) is 26.1. The molecule has 5 rings (SSSR count). The SMILES string of the molecule is O=C(CN1CCc2ccccc2C1)N1N=C(c2ccccc2)CC1c1ccccc1Cl. The molecule has 1 unspecified atom stereocenters. The Labute approximate surface area is 187 Å². The second-order valence-electron chi connectivity index (χ2n) is 8.12. The lowest BCUT2D eigenvalue weighted by Gasteiger charge is -2.30. The Bertz CT molecular complexity index is 1130. The number of carbonyl (C=O) groups excluding carboxylic acids is 1. The number of benzene rings is 3. The first-order chi connectivity index (χ1) is 15.2. The number of halogens is 1. The van der Waals surface area contributed by atoms with Crippen molar-refractivity contribution in [3.8, 4) is 0 Å². The van der Waals surface area contributed by atoms with Crippen LogP contribution in [-0.4, -0.2) is 34.6 Å². The van der Waals surface area contributed by atoms with Gasteiger partial charge in [-0.15, -0.1) is 0 Å². The van der Waals surface area contributed by atoms with Crippen molar-refractivity contribution in [2.24, 2.45) is 5.10 Å². The Hall–Kier alpha value is -2.95. The van der Waals surface area contributed by atoms with Crippen molar-refractivity contribution >= 4 is 23.2 Å². The van der Waals surface area contributed by atoms with Crippen molar-refractivity contribution in [3.63, 3.8) is 0 Å². The van der Waals surface area contributed by atoms with Crippen LogP contribution in [0.25, 0.3) is 0 Å². The largest absolute Gasteiger partial charge is 0.290 e. The predicted octanol–water partition coefficient (Wildman–Crippen LogP) is 5.08. The van der Waals surface area contributed by atoms with E-state index in [-0.39, 0.29) is 11.9 Å². The first-order valence-electron chi connectivity index (χ1n) is 10.7. The van der Waals surface area contributed by atoms with E-state index in [0.717, 1.165) is 36.3 Å². The normalized spacial score (nSPS) is 18.5. The molecule has 0 aromatic heterocycles. The minimum atomic E-state index is -0.187. The minimum absolute atomic E-state index is 0.00947. The zero-order chi connectivity index (χ0) is 21.2. The summed E-state index contributed by atoms with van der Waals surface area (Å²) in [5.41, 5.74) is 5.59. The first-order valence-corrected chi connectivity index (χ1v) is 11.1. The number of nitrogens with zero attached hydrogens (tertiary/aromatic N) is 3. The fourth-order valence-electron chi connectivity index (χ4n) is 4.49. The Morgan fingerprint density at radius 2 is 1.65 bits per heavy atom. The molecule has 0 saturated heterocycles. The molecule has 0 saturated carbocycles. The highest BCUT2D eigenvalue weighted by Crippen LogP contribution is 2.36. The second-order valence-corrected chi connectivity index (χ2v) is 8.53. The van der Waals surface area contributed by atoms with Crippen molar-refractivity contribution in [2.75, 3.05) is 13.1 Å². The highest BCUT2D eigenvalue weighted by molar-refractivity contribution is 6.31. The minimum Gasteiger partial charge on any atom is -0.290 e. The summed E-state index contributed by atoms with van der Waals surface area (Å²) in [6.45, 7) is 2.02. The molecule has 1 amide bonds. The summed E-state index contributed by atoms with van der Waals surface area (Å²) in [7, 11) is 0. The molecule has 31 heavy (non-hydrogen) atoms. The molecule has 1 atom stereocenters. The maximum absolute atomic E-state index is 13.4. The van der Waals surface area contributed by atoms with Gasteiger partial charge in [0.15, 0.2) is 0 Å². The van der Waals surface area contributed by atoms with Gasteiger partial charge in [-0.2, -0.15) is 5.10 Å². The molecule has 0 aliphatic carbocycles. The molecule has 2 aliphatic heterocycles. The lowest BCUT2D eigenvalue weighted by molar-refractivity contribution is -0.134. The fraction of sp³-hybridized carbons (Fsp3) is 0.231. The molecular formula is C26H24ClN3O. The van der Waals surface area contributed by atoms with E-state index in [1.165, 1.54) is 11.1 Å². The molecular weight excluding hydrogens is 406 g/mol. The third-order valence-electron chi connectivity index (χ3n) is 6.11. The zero-order valence-electron chi connectivity index (χ0n) is 17.2. The Kier molecular flexibility index (Phi) is 5.58. The van der Waals surface area contributed by atoms with Crippen molar-refractivity contribution in [2.45, 2.75) is 25.4 Å². The van der Waals surface area contributed by atoms with E-state index < -0.39 is 0 Å². The molecule has 0 N–H and O–H groups in total. The third-order valence-corrected chi connectivity index (χ3v) is 6.45. The predicted molar refractivity (Wildman–Crippen MR) is 124 cm³/mol. The van der Waals surface area contributed by atoms with Crippen molar-refractivity contribution in [1.82, 2.24) is 9.91 Å². The highest BCUT2D eigenvalue weighted by atomic mass is 35.5. The van der Waals surface area contributed by atoms with Crippen LogP contribution in [0, 0.1) is 0 Å². The van der Waals surface area contributed by atoms with Crippen LogP contribution in [0.1, 0.15) is 34.7 Å². The van der Waals surface area contributed by atoms with Crippen molar-refractivity contribution in [3.05, 3.63) is 106 Å². The fourth-order valence-corrected chi connectivity index (χ4v) is 4.75. The lowest BCUT2D eigenvalue weighted by Crippen LogP contribution is -2.40. The van der Waals surface area contributed by atoms with Crippen LogP contribution in [-0.2, 0) is 17.8 Å². The van der Waals surface area contributed by atoms with Crippen molar-refractivity contribution in [1.29, 1.82) is 0 Å². The van der Waals surface area contributed by atoms with E-state index in [0.29, 0.717) is 18.0 Å². The number of hydrazone groups is 1. The molecule has 156 valence electrons. The number of hydrogen-bond donors (Lipinski definition) is 0. The highest BCUT2D eigenvalue weighted by Gasteiger charge is 2.35. The molecule has 0 bridgehead atoms. The van der Waals surface area contributed by atoms with Gasteiger partial charge in [0.1, 0.15) is 0 Å². The molecule has 4 nitrogen and oxygen atoms in total. The standard InChI is InChI=1S/C26H24ClN3O/c27-23-13-7-6-12-22(23)25-16-24(20-9-2-1-3-10-20)28-30(25)26(31)18-29-15-14-19-8-4-5-11-21(19)17-29/h1-13,25H,14-18H2. The van der Waals surface area contributed by atoms with E-state index >= 15 is 0 Å². The quantitative estimate of drug-likeness (QED) is 0.580. The monoisotopic (exact) mass is 429 g/mol. The molecule has 0 fully saturated rings. The maximum atomic E-state index is 13.4. The molecule has 5 heteroatoms. The Balaban J connectivity index is 1.40. The second kappa shape index (κ2) is 8.66. The average Bonchev–Trinajstić information content (AvgIpc) is 3.25. The van der Waals surface area contributed by atoms with Crippen LogP contribution in [0.4, 0.5) is 0 Å². The number of rotatable bonds is 4. The average molecular weight is 430 g/mol. The number of fused-ring (bicyclic) bond motifs is 1. The van der Waals surface area contributed by atoms with Gasteiger partial charge in [0.05, 0.1) is 18.3 Å². The van der Waals surface area contributed by atoms with Gasteiger partial charge in [-0.25, -0.2) is 5.01 Å². The lowest BCUT2D eigenvalue weighted by atomic mass is 9.98. The number of carbonyl (C=O) groups is 1. The summed E-state index contributed by atoms with van der Waals surface area (Å²) in [6.07, 6.45) is 1.62. The van der Waals surface area contributed by atoms with Gasteiger partial charge in [-0.3, -0.25) is 9.69 Å². The number of hydrogen-bond acceptors (Lipinski definition) is 3. The Morgan fingerprint density at radius 3 is 2.45 bits per heavy atom. The maximum Gasteiger partial charge on any atom is 0.257 e. The third kappa shape index (κ3) is 4.14. The molecule has 2 heterocycles. The van der Waals surface area contributed by atoms with Crippen LogP contribution in [0.2, 0.25) is 5.02 Å². The van der Waals surface area contributed by atoms with Crippen LogP contribution in [0.3, 0.4) is 0 Å². The topological polar surface area (TPSA) is 35.9 Å². The van der Waals surface area contributed by atoms with E-state index in [1.54, 1.807) is 5.01 Å². The summed E-state index contributed by atoms with van der Waals surface area (Å²) < 4.78 is 0. The van der Waals surface area contributed by atoms with E-state index in [1.807, 2.05) is 54.6 Å². The molecule has 3 aromatic carbocycles. The van der Waals surface area contributed by atoms with E-state index in [2.05, 4.69) is 29.2 Å². The van der Waals surface area contributed by atoms with Crippen LogP contribution in [0.5, 0.6) is 0 Å². The van der Waals surface area contributed by atoms with E-state index in [4.69, 9.17) is 16.7 Å². The van der Waals surface area contributed by atoms with Gasteiger partial charge in [-0.05, 0) is 34.7 Å². The molecule has 2 aliphatic rings. The van der Waals surface area contributed by atoms with Gasteiger partial charge in [0.25, 0.3) is 5.91 Å². The summed E-state index contributed by atoms with van der Waals surface area (Å²) >= 11 is 6.52. The van der Waals surface area contributed by atoms with Gasteiger partial charge in [-0.1, -0.05) is 84.4 Å². The van der Waals surface area contributed by atoms with E-state index in [9.17, 15) is 4.79 Å². The summed E-state index contributed by atoms with van der Waals surface area (Å²) in [5, 5.41) is 7.11. The zero-order valence-corrected chi connectivity index (χ0v) is 18.0. The van der Waals surface area contributed by atoms with Gasteiger partial charge >= 0.3 is 0 Å². The van der Waals surface area contributed by atoms with Crippen LogP contribution < -0.4 is 0 Å². The summed E-state index contributed by atoms with van der Waals surface area (Å²) in [5.74, 6) is 0.00947. The smallest absolute Gasteiger partial charge is 0.257 e. The Morgan fingerprint density at radius 1 is 0.935 bits per heavy atom. The van der Waals surface area contributed by atoms with Gasteiger partial charge < -0.3 is 0 Å². The van der Waals surface area contributed by atoms with Gasteiger partial charge in [0.2, 0.25) is 0 Å².